The molecule has 2 unspecified atom stereocenters. The third-order valence-corrected chi connectivity index (χ3v) is 11.1. The normalized spacial score (nSPS) is 28.3. The van der Waals surface area contributed by atoms with Gasteiger partial charge in [-0.25, -0.2) is 17.7 Å². The van der Waals surface area contributed by atoms with Gasteiger partial charge in [0.25, 0.3) is 5.82 Å². The molecule has 9 nitrogen and oxygen atoms in total. The molecule has 4 atom stereocenters. The highest BCUT2D eigenvalue weighted by molar-refractivity contribution is 7.89. The summed E-state index contributed by atoms with van der Waals surface area (Å²) >= 11 is 0. The van der Waals surface area contributed by atoms with Gasteiger partial charge in [-0.1, -0.05) is 27.7 Å². The molecule has 4 rings (SSSR count). The first-order valence-electron chi connectivity index (χ1n) is 13.3. The highest BCUT2D eigenvalue weighted by Crippen LogP contribution is 2.55. The number of nitrogens with zero attached hydrogens (tertiary/aromatic N) is 4. The average Bonchev–Trinajstić information content (AvgIpc) is 3.18. The van der Waals surface area contributed by atoms with Crippen LogP contribution in [0.25, 0.3) is 10.9 Å². The fraction of sp³-hybridized carbons (Fsp3) is 0.704. The first-order valence-corrected chi connectivity index (χ1v) is 15.3. The zero-order valence-electron chi connectivity index (χ0n) is 23.9. The first kappa shape index (κ1) is 29.2. The fourth-order valence-electron chi connectivity index (χ4n) is 7.44. The van der Waals surface area contributed by atoms with Crippen LogP contribution >= 0.6 is 0 Å². The molecule has 0 saturated carbocycles. The molecule has 2 aliphatic rings. The van der Waals surface area contributed by atoms with Crippen LogP contribution in [0.3, 0.4) is 0 Å². The van der Waals surface area contributed by atoms with Crippen molar-refractivity contribution < 1.29 is 22.4 Å². The van der Waals surface area contributed by atoms with E-state index >= 15 is 0 Å². The second-order valence-corrected chi connectivity index (χ2v) is 14.7. The largest absolute Gasteiger partial charge is 0.493 e. The van der Waals surface area contributed by atoms with Gasteiger partial charge in [-0.15, -0.1) is 4.65 Å². The molecule has 1 aromatic heterocycles. The van der Waals surface area contributed by atoms with E-state index in [1.807, 2.05) is 12.1 Å². The van der Waals surface area contributed by atoms with Crippen LogP contribution in [0.1, 0.15) is 54.4 Å². The smallest absolute Gasteiger partial charge is 0.345 e. The molecule has 0 bridgehead atoms. The maximum atomic E-state index is 12.6. The van der Waals surface area contributed by atoms with Crippen molar-refractivity contribution in [2.45, 2.75) is 59.9 Å². The molecular formula is C27H42N4O5SSi+. The molecule has 3 heterocycles. The molecule has 0 amide bonds. The Morgan fingerprint density at radius 1 is 1.18 bits per heavy atom. The molecule has 11 heteroatoms. The summed E-state index contributed by atoms with van der Waals surface area (Å²) in [5.74, 6) is 2.86. The van der Waals surface area contributed by atoms with Crippen molar-refractivity contribution in [3.63, 3.8) is 0 Å². The number of fused-ring (bicyclic) bond motifs is 1. The number of quaternary nitrogens is 1. The van der Waals surface area contributed by atoms with Crippen molar-refractivity contribution in [1.82, 2.24) is 18.9 Å². The lowest BCUT2D eigenvalue weighted by molar-refractivity contribution is -0.199. The number of benzene rings is 1. The number of methoxy groups -OCH3 is 2. The molecule has 2 aromatic rings. The lowest BCUT2D eigenvalue weighted by Gasteiger charge is -2.59. The predicted molar refractivity (Wildman–Crippen MR) is 150 cm³/mol. The van der Waals surface area contributed by atoms with Gasteiger partial charge in [0.1, 0.15) is 18.4 Å². The number of rotatable bonds is 7. The number of hydrogen-bond acceptors (Lipinski definition) is 7. The zero-order chi connectivity index (χ0) is 28.1. The van der Waals surface area contributed by atoms with Gasteiger partial charge >= 0.3 is 10.5 Å². The highest BCUT2D eigenvalue weighted by atomic mass is 32.2. The minimum Gasteiger partial charge on any atom is -0.493 e. The minimum absolute atomic E-state index is 0.0925. The van der Waals surface area contributed by atoms with Crippen molar-refractivity contribution >= 4 is 37.2 Å². The van der Waals surface area contributed by atoms with Gasteiger partial charge in [-0.2, -0.15) is 4.98 Å². The number of ether oxygens (including phenoxy) is 2. The second-order valence-electron chi connectivity index (χ2n) is 12.4. The molecule has 2 fully saturated rings. The highest BCUT2D eigenvalue weighted by Gasteiger charge is 2.62. The van der Waals surface area contributed by atoms with Gasteiger partial charge in [0.05, 0.1) is 30.9 Å². The summed E-state index contributed by atoms with van der Waals surface area (Å²) in [6, 6.07) is 3.78. The number of hydroxylamine groups is 2. The topological polar surface area (TPSA) is 90.9 Å². The third kappa shape index (κ3) is 4.74. The molecule has 0 N–H and O–H groups in total. The van der Waals surface area contributed by atoms with Crippen LogP contribution in [0.5, 0.6) is 11.5 Å². The Bertz CT molecular complexity index is 1280. The number of sulfonamides is 1. The summed E-state index contributed by atoms with van der Waals surface area (Å²) in [7, 11) is 3.57. The zero-order valence-corrected chi connectivity index (χ0v) is 25.8. The summed E-state index contributed by atoms with van der Waals surface area (Å²) in [5, 5.41) is 0.832. The summed E-state index contributed by atoms with van der Waals surface area (Å²) in [4.78, 5) is 9.34. The standard InChI is InChI=1S/C27H42N4O5SSi/c1-18(16-30-11-9-13-37(30,32)33)19-10-12-31(36-38,27(5,6)24(19)26(2,3)4)25-20-14-22(34-7)23(35-8)15-21(20)28-17-29-25/h14-15,17-19,24H,9-13,16H2,1-8H3/q+1/t18?,19?,24-,31-/m0/s1. The summed E-state index contributed by atoms with van der Waals surface area (Å²) in [6.07, 6.45) is 3.13. The van der Waals surface area contributed by atoms with Crippen molar-refractivity contribution in [1.29, 1.82) is 0 Å². The van der Waals surface area contributed by atoms with E-state index in [4.69, 9.17) is 19.0 Å². The van der Waals surface area contributed by atoms with Crippen molar-refractivity contribution in [3.05, 3.63) is 18.5 Å². The fourth-order valence-corrected chi connectivity index (χ4v) is 9.48. The van der Waals surface area contributed by atoms with Crippen LogP contribution in [0.2, 0.25) is 0 Å². The van der Waals surface area contributed by atoms with Gasteiger partial charge < -0.3 is 9.47 Å². The monoisotopic (exact) mass is 562 g/mol. The van der Waals surface area contributed by atoms with Gasteiger partial charge in [0.15, 0.2) is 11.5 Å². The van der Waals surface area contributed by atoms with Gasteiger partial charge in [0.2, 0.25) is 10.0 Å². The molecule has 3 radical (unpaired) electrons. The van der Waals surface area contributed by atoms with Crippen LogP contribution < -0.4 is 14.1 Å². The van der Waals surface area contributed by atoms with E-state index in [0.29, 0.717) is 37.6 Å². The van der Waals surface area contributed by atoms with Crippen LogP contribution in [-0.2, 0) is 14.6 Å². The van der Waals surface area contributed by atoms with Crippen LogP contribution in [0.4, 0.5) is 5.82 Å². The first-order chi connectivity index (χ1) is 17.7. The molecule has 2 saturated heterocycles. The van der Waals surface area contributed by atoms with Crippen molar-refractivity contribution in [2.75, 3.05) is 39.6 Å². The van der Waals surface area contributed by atoms with Crippen molar-refractivity contribution in [3.8, 4) is 11.5 Å². The second kappa shape index (κ2) is 10.3. The van der Waals surface area contributed by atoms with Crippen LogP contribution in [0.15, 0.2) is 18.5 Å². The summed E-state index contributed by atoms with van der Waals surface area (Å²) in [6.45, 7) is 15.3. The lowest BCUT2D eigenvalue weighted by atomic mass is 9.57. The summed E-state index contributed by atoms with van der Waals surface area (Å²) in [5.41, 5.74) is 0.201. The predicted octanol–water partition coefficient (Wildman–Crippen LogP) is 4.10. The SMILES string of the molecule is COc1cc2ncnc([N@@+]3(O[Si])CCC(C(C)CN4CCCS4(=O)=O)[C@@H](C(C)(C)C)C3(C)C)c2cc1OC. The average molecular weight is 563 g/mol. The molecule has 0 aliphatic carbocycles. The maximum Gasteiger partial charge on any atom is 0.345 e. The van der Waals surface area contributed by atoms with Gasteiger partial charge in [-0.3, -0.25) is 4.53 Å². The Morgan fingerprint density at radius 3 is 2.39 bits per heavy atom. The molecule has 209 valence electrons. The molecular weight excluding hydrogens is 520 g/mol. The Labute approximate surface area is 231 Å². The van der Waals surface area contributed by atoms with Gasteiger partial charge in [0, 0.05) is 37.6 Å². The van der Waals surface area contributed by atoms with E-state index in [-0.39, 0.29) is 33.6 Å². The molecule has 38 heavy (non-hydrogen) atoms. The van der Waals surface area contributed by atoms with E-state index in [1.54, 1.807) is 24.9 Å². The number of aromatic nitrogens is 2. The third-order valence-electron chi connectivity index (χ3n) is 8.87. The van der Waals surface area contributed by atoms with Crippen LogP contribution in [0, 0.1) is 23.2 Å². The Kier molecular flexibility index (Phi) is 7.92. The number of piperidine rings is 1. The lowest BCUT2D eigenvalue weighted by Crippen LogP contribution is -2.73. The molecule has 1 aromatic carbocycles. The van der Waals surface area contributed by atoms with E-state index < -0.39 is 15.6 Å². The van der Waals surface area contributed by atoms with E-state index in [1.165, 1.54) is 0 Å². The van der Waals surface area contributed by atoms with E-state index in [0.717, 1.165) is 23.1 Å². The summed E-state index contributed by atoms with van der Waals surface area (Å²) < 4.78 is 44.5. The quantitative estimate of drug-likeness (QED) is 0.371. The van der Waals surface area contributed by atoms with Gasteiger partial charge in [-0.05, 0) is 37.5 Å². The molecule has 2 aliphatic heterocycles. The minimum atomic E-state index is -3.15. The van der Waals surface area contributed by atoms with Crippen molar-refractivity contribution in [2.24, 2.45) is 23.2 Å². The van der Waals surface area contributed by atoms with Crippen LogP contribution in [-0.4, -0.2) is 78.3 Å². The van der Waals surface area contributed by atoms with E-state index in [9.17, 15) is 8.42 Å². The number of hydrogen-bond donors (Lipinski definition) is 0. The Morgan fingerprint density at radius 2 is 1.84 bits per heavy atom. The van der Waals surface area contributed by atoms with E-state index in [2.05, 4.69) is 57.0 Å². The maximum absolute atomic E-state index is 12.6. The molecule has 0 spiro atoms. The Balaban J connectivity index is 1.82. The Hall–Kier alpha value is -1.79.